The first-order chi connectivity index (χ1) is 38.4. The van der Waals surface area contributed by atoms with Crippen molar-refractivity contribution in [3.8, 4) is 11.5 Å². The van der Waals surface area contributed by atoms with Gasteiger partial charge < -0.3 is 60.0 Å². The molecule has 15 rings (SSSR count). The Kier molecular flexibility index (Phi) is 13.4. The first kappa shape index (κ1) is 54.1. The van der Waals surface area contributed by atoms with E-state index in [1.54, 1.807) is 37.3 Å². The predicted molar refractivity (Wildman–Crippen MR) is 297 cm³/mol. The lowest BCUT2D eigenvalue weighted by Crippen LogP contribution is -2.76. The van der Waals surface area contributed by atoms with E-state index in [2.05, 4.69) is 61.7 Å². The maximum absolute atomic E-state index is 15.7. The zero-order valence-electron chi connectivity index (χ0n) is 46.3. The molecule has 10 aliphatic carbocycles. The number of aliphatic hydroxyl groups excluding tert-OH is 4. The summed E-state index contributed by atoms with van der Waals surface area (Å²) in [5.74, 6) is -3.81. The number of methoxy groups -OCH3 is 1. The summed E-state index contributed by atoms with van der Waals surface area (Å²) in [6.45, 7) is 6.20. The monoisotopic (exact) mass is 1090 g/mol. The number of ether oxygens (including phenoxy) is 4. The minimum atomic E-state index is -2.45. The molecule has 8 N–H and O–H groups in total. The van der Waals surface area contributed by atoms with E-state index in [1.165, 1.54) is 19.3 Å². The van der Waals surface area contributed by atoms with Crippen molar-refractivity contribution in [1.29, 1.82) is 0 Å². The molecule has 12 bridgehead atoms. The minimum Gasteiger partial charge on any atom is -0.504 e. The predicted octanol–water partition coefficient (Wildman–Crippen LogP) is 6.71. The minimum absolute atomic E-state index is 0.0453. The average Bonchev–Trinajstić information content (AvgIpc) is 1.05. The van der Waals surface area contributed by atoms with Crippen LogP contribution in [0.15, 0.2) is 114 Å². The zero-order valence-corrected chi connectivity index (χ0v) is 46.3. The Morgan fingerprint density at radius 2 is 1.76 bits per heavy atom. The Balaban J connectivity index is 0.948. The number of hydrogen-bond acceptors (Lipinski definition) is 14. The summed E-state index contributed by atoms with van der Waals surface area (Å²) in [5.41, 5.74) is 1.13. The standard InChI is InChI=1S/C66H79NO13/c1-35-25-44-31-62-30-41(44)15-22-65(75)58-52(67-32-36(2)70)18-23-66(76,80-58)60(59(65)78-55(72)14-12-50-45-16-20-63(34-62)49(37(45)3)10-11-51-57(73)46(56(35)62)17-21-64(50,51)63)79-61(74)43(26-39-6-13-53(71)54(28-39)77-4)29-48-42(33-69)9-8-40-7-5-38(19-24-68)27-47(40)48/h5-7,10-11,13,15-18,20-23,26-28,30,35-37,42,44-46,48-52,56-60,67-71,73,75-76H,8-9,12,14,19,24-25,29,31-34H2,1-4H3. The van der Waals surface area contributed by atoms with Crippen molar-refractivity contribution in [3.05, 3.63) is 137 Å². The lowest BCUT2D eigenvalue weighted by atomic mass is 9.29. The molecule has 80 heavy (non-hydrogen) atoms. The van der Waals surface area contributed by atoms with Crippen molar-refractivity contribution in [2.75, 3.05) is 26.9 Å². The molecular formula is C66H79NO13. The third-order valence-corrected chi connectivity index (χ3v) is 22.2. The van der Waals surface area contributed by atoms with Crippen LogP contribution in [0, 0.1) is 75.4 Å². The van der Waals surface area contributed by atoms with Crippen LogP contribution in [0.25, 0.3) is 6.08 Å². The van der Waals surface area contributed by atoms with Gasteiger partial charge in [-0.1, -0.05) is 92.8 Å². The number of fused-ring (bicyclic) bond motifs is 7. The molecule has 3 aliphatic heterocycles. The first-order valence-electron chi connectivity index (χ1n) is 29.6. The van der Waals surface area contributed by atoms with E-state index in [4.69, 9.17) is 18.9 Å². The van der Waals surface area contributed by atoms with E-state index in [-0.39, 0.29) is 120 Å². The molecule has 1 saturated heterocycles. The summed E-state index contributed by atoms with van der Waals surface area (Å²) in [4.78, 5) is 30.9. The van der Waals surface area contributed by atoms with E-state index in [0.717, 1.165) is 41.5 Å². The number of esters is 2. The highest BCUT2D eigenvalue weighted by atomic mass is 16.7. The van der Waals surface area contributed by atoms with Crippen LogP contribution in [0.1, 0.15) is 93.9 Å². The fraction of sp³-hybridized carbons (Fsp3) is 0.576. The van der Waals surface area contributed by atoms with Crippen molar-refractivity contribution < 1.29 is 64.3 Å². The van der Waals surface area contributed by atoms with Crippen LogP contribution in [0.4, 0.5) is 0 Å². The molecule has 0 amide bonds. The van der Waals surface area contributed by atoms with Crippen molar-refractivity contribution in [1.82, 2.24) is 5.32 Å². The summed E-state index contributed by atoms with van der Waals surface area (Å²) in [6, 6.07) is 9.90. The summed E-state index contributed by atoms with van der Waals surface area (Å²) in [6.07, 6.45) is 23.6. The number of aromatic hydroxyl groups is 1. The highest BCUT2D eigenvalue weighted by Gasteiger charge is 2.75. The second-order valence-electron chi connectivity index (χ2n) is 26.3. The van der Waals surface area contributed by atoms with Gasteiger partial charge >= 0.3 is 11.9 Å². The molecular weight excluding hydrogens is 1010 g/mol. The number of nitrogens with one attached hydrogen (secondary N) is 1. The number of phenols is 1. The molecule has 2 aromatic carbocycles. The number of aliphatic hydroxyl groups is 6. The number of rotatable bonds is 12. The third kappa shape index (κ3) is 8.07. The lowest BCUT2D eigenvalue weighted by Gasteiger charge is -2.74. The number of phenolic OH excluding ortho intramolecular Hbond substituents is 1. The molecule has 0 aromatic heterocycles. The second-order valence-corrected chi connectivity index (χ2v) is 26.3. The fourth-order valence-electron chi connectivity index (χ4n) is 19.0. The van der Waals surface area contributed by atoms with Crippen molar-refractivity contribution >= 4 is 18.0 Å². The molecule has 2 aromatic rings. The van der Waals surface area contributed by atoms with Crippen molar-refractivity contribution in [3.63, 3.8) is 0 Å². The number of aryl methyl sites for hydroxylation is 1. The second kappa shape index (κ2) is 19.8. The average molecular weight is 1090 g/mol. The van der Waals surface area contributed by atoms with Gasteiger partial charge in [-0.2, -0.15) is 0 Å². The molecule has 22 unspecified atom stereocenters. The van der Waals surface area contributed by atoms with Crippen LogP contribution in [0.3, 0.4) is 0 Å². The van der Waals surface area contributed by atoms with Gasteiger partial charge in [0.2, 0.25) is 5.79 Å². The molecule has 3 saturated carbocycles. The Labute approximate surface area is 468 Å². The number of carbonyl (C=O) groups excluding carboxylic acids is 2. The van der Waals surface area contributed by atoms with Crippen molar-refractivity contribution in [2.24, 2.45) is 75.4 Å². The quantitative estimate of drug-likeness (QED) is 0.0629. The molecule has 13 aliphatic rings. The number of carbonyl (C=O) groups is 2. The van der Waals surface area contributed by atoms with Gasteiger partial charge in [-0.3, -0.25) is 4.79 Å². The maximum atomic E-state index is 15.7. The summed E-state index contributed by atoms with van der Waals surface area (Å²) >= 11 is 0. The SMILES string of the molecule is COc1cc(C=C(CC2c3cc(CCO)ccc3CCC2CO)C(=O)OC2C3OC(=O)CCC4C5C=CC67CC89C=C(C=CC3(O)C3OC2(O)C=CC3NCC(C)O)C(CC(C)C8C2C=CC46C(C=CC7C5C)C2O)C9)ccc1O. The van der Waals surface area contributed by atoms with Gasteiger partial charge in [0, 0.05) is 54.4 Å². The van der Waals surface area contributed by atoms with Crippen LogP contribution in [-0.4, -0.2) is 123 Å². The molecule has 22 atom stereocenters. The van der Waals surface area contributed by atoms with E-state index >= 15 is 9.59 Å². The molecule has 426 valence electrons. The molecule has 14 heteroatoms. The van der Waals surface area contributed by atoms with Gasteiger partial charge in [0.25, 0.3) is 0 Å². The number of benzene rings is 2. The first-order valence-corrected chi connectivity index (χ1v) is 29.6. The Morgan fingerprint density at radius 3 is 2.55 bits per heavy atom. The van der Waals surface area contributed by atoms with Gasteiger partial charge in [0.1, 0.15) is 6.10 Å². The summed E-state index contributed by atoms with van der Waals surface area (Å²) in [5, 5.41) is 85.2. The molecule has 4 fully saturated rings. The lowest BCUT2D eigenvalue weighted by molar-refractivity contribution is -0.350. The fourth-order valence-corrected chi connectivity index (χ4v) is 19.0. The van der Waals surface area contributed by atoms with Crippen LogP contribution in [0.2, 0.25) is 0 Å². The topological polar surface area (TPSA) is 225 Å². The normalized spacial score (nSPS) is 44.4. The van der Waals surface area contributed by atoms with Gasteiger partial charge in [0.05, 0.1) is 25.4 Å². The largest absolute Gasteiger partial charge is 0.504 e. The molecule has 0 radical (unpaired) electrons. The molecule has 3 heterocycles. The maximum Gasteiger partial charge on any atom is 0.334 e. The van der Waals surface area contributed by atoms with Gasteiger partial charge in [-0.15, -0.1) is 0 Å². The third-order valence-electron chi connectivity index (χ3n) is 22.2. The van der Waals surface area contributed by atoms with E-state index < -0.39 is 71.2 Å². The van der Waals surface area contributed by atoms with Gasteiger partial charge in [-0.25, -0.2) is 4.79 Å². The van der Waals surface area contributed by atoms with Gasteiger partial charge in [-0.05, 0) is 175 Å². The Hall–Kier alpha value is -5.16. The zero-order chi connectivity index (χ0) is 55.8. The van der Waals surface area contributed by atoms with E-state index in [1.807, 2.05) is 24.3 Å². The molecule has 3 spiro atoms. The summed E-state index contributed by atoms with van der Waals surface area (Å²) in [7, 11) is 1.43. The van der Waals surface area contributed by atoms with Crippen LogP contribution < -0.4 is 10.1 Å². The smallest absolute Gasteiger partial charge is 0.334 e. The summed E-state index contributed by atoms with van der Waals surface area (Å²) < 4.78 is 25.5. The highest BCUT2D eigenvalue weighted by Crippen LogP contribution is 2.79. The van der Waals surface area contributed by atoms with E-state index in [9.17, 15) is 35.7 Å². The highest BCUT2D eigenvalue weighted by molar-refractivity contribution is 5.94. The Bertz CT molecular complexity index is 3050. The van der Waals surface area contributed by atoms with Crippen LogP contribution in [0.5, 0.6) is 11.5 Å². The number of allylic oxidation sites excluding steroid dienone is 7. The van der Waals surface area contributed by atoms with Gasteiger partial charge in [0.15, 0.2) is 29.3 Å². The Morgan fingerprint density at radius 1 is 0.950 bits per heavy atom. The van der Waals surface area contributed by atoms with Crippen LogP contribution >= 0.6 is 0 Å². The number of hydrogen-bond donors (Lipinski definition) is 8. The van der Waals surface area contributed by atoms with Crippen molar-refractivity contribution in [2.45, 2.75) is 132 Å². The van der Waals surface area contributed by atoms with E-state index in [0.29, 0.717) is 31.2 Å². The van der Waals surface area contributed by atoms with Crippen LogP contribution in [-0.2, 0) is 36.6 Å². The molecule has 14 nitrogen and oxygen atoms in total.